The molecule has 0 N–H and O–H groups in total. The Morgan fingerprint density at radius 2 is 1.27 bits per heavy atom. The number of rotatable bonds is 2. The third-order valence-electron chi connectivity index (χ3n) is 4.27. The largest absolute Gasteiger partial charge is 0.322 e. The predicted octanol–water partition coefficient (Wildman–Crippen LogP) is 3.60. The molecule has 3 aliphatic heterocycles. The molecule has 0 aromatic heterocycles. The summed E-state index contributed by atoms with van der Waals surface area (Å²) in [6.07, 6.45) is 0. The topological polar surface area (TPSA) is 27.7 Å². The van der Waals surface area contributed by atoms with Crippen molar-refractivity contribution in [2.45, 2.75) is 11.4 Å². The van der Waals surface area contributed by atoms with Crippen molar-refractivity contribution in [1.82, 2.24) is 0 Å². The molecule has 3 saturated heterocycles. The molecule has 3 nitrogen and oxygen atoms in total. The van der Waals surface area contributed by atoms with Crippen molar-refractivity contribution < 1.29 is 18.6 Å². The molecule has 0 aliphatic carbocycles. The minimum atomic E-state index is -1.16. The molecule has 2 aromatic rings. The first kappa shape index (κ1) is 14.2. The monoisotopic (exact) mass is 320 g/mol. The zero-order chi connectivity index (χ0) is 15.2. The van der Waals surface area contributed by atoms with E-state index >= 15 is 0 Å². The number of benzene rings is 2. The van der Waals surface area contributed by atoms with E-state index in [2.05, 4.69) is 0 Å². The van der Waals surface area contributed by atoms with Gasteiger partial charge in [0.05, 0.1) is 25.2 Å². The molecule has 5 rings (SSSR count). The van der Waals surface area contributed by atoms with Gasteiger partial charge in [-0.15, -0.1) is 0 Å². The van der Waals surface area contributed by atoms with E-state index in [1.807, 2.05) is 12.1 Å². The number of fused-ring (bicyclic) bond motifs is 3. The fourth-order valence-electron chi connectivity index (χ4n) is 2.91. The summed E-state index contributed by atoms with van der Waals surface area (Å²) in [6.45, 7) is 1.38. The molecule has 0 spiro atoms. The smallest absolute Gasteiger partial charge is 0.312 e. The van der Waals surface area contributed by atoms with E-state index in [4.69, 9.17) is 25.8 Å². The maximum atomic E-state index is 13.1. The average Bonchev–Trinajstić information content (AvgIpc) is 2.57. The lowest BCUT2D eigenvalue weighted by Gasteiger charge is -2.52. The zero-order valence-corrected chi connectivity index (χ0v) is 12.5. The van der Waals surface area contributed by atoms with Crippen molar-refractivity contribution in [1.29, 1.82) is 0 Å². The Morgan fingerprint density at radius 3 is 1.82 bits per heavy atom. The molecule has 3 heterocycles. The van der Waals surface area contributed by atoms with Crippen molar-refractivity contribution in [3.8, 4) is 0 Å². The Hall–Kier alpha value is -1.46. The highest BCUT2D eigenvalue weighted by atomic mass is 35.5. The average molecular weight is 321 g/mol. The van der Waals surface area contributed by atoms with Gasteiger partial charge in [0, 0.05) is 10.6 Å². The fraction of sp³-hybridized carbons (Fsp3) is 0.294. The van der Waals surface area contributed by atoms with Gasteiger partial charge in [0.15, 0.2) is 0 Å². The highest BCUT2D eigenvalue weighted by Gasteiger charge is 2.54. The molecule has 2 bridgehead atoms. The van der Waals surface area contributed by atoms with Gasteiger partial charge in [-0.05, 0) is 42.0 Å². The minimum Gasteiger partial charge on any atom is -0.322 e. The van der Waals surface area contributed by atoms with Crippen molar-refractivity contribution in [2.75, 3.05) is 19.8 Å². The summed E-state index contributed by atoms with van der Waals surface area (Å²) < 4.78 is 30.8. The summed E-state index contributed by atoms with van der Waals surface area (Å²) in [5.41, 5.74) is 1.35. The number of ether oxygens (including phenoxy) is 3. The van der Waals surface area contributed by atoms with Gasteiger partial charge in [-0.3, -0.25) is 0 Å². The minimum absolute atomic E-state index is 0.259. The molecular weight excluding hydrogens is 307 g/mol. The third-order valence-corrected chi connectivity index (χ3v) is 4.52. The van der Waals surface area contributed by atoms with Crippen LogP contribution < -0.4 is 0 Å². The van der Waals surface area contributed by atoms with Gasteiger partial charge in [-0.1, -0.05) is 23.7 Å². The number of hydrogen-bond acceptors (Lipinski definition) is 3. The van der Waals surface area contributed by atoms with Crippen molar-refractivity contribution >= 4 is 11.6 Å². The first-order valence-electron chi connectivity index (χ1n) is 7.06. The van der Waals surface area contributed by atoms with Crippen LogP contribution in [0.2, 0.25) is 5.02 Å². The quantitative estimate of drug-likeness (QED) is 0.846. The maximum Gasteiger partial charge on any atom is 0.312 e. The Morgan fingerprint density at radius 1 is 0.773 bits per heavy atom. The van der Waals surface area contributed by atoms with Crippen LogP contribution >= 0.6 is 11.6 Å². The van der Waals surface area contributed by atoms with Crippen LogP contribution in [-0.2, 0) is 25.6 Å². The van der Waals surface area contributed by atoms with Crippen LogP contribution in [0.15, 0.2) is 48.5 Å². The second-order valence-corrected chi connectivity index (χ2v) is 6.15. The summed E-state index contributed by atoms with van der Waals surface area (Å²) in [5.74, 6) is -1.42. The van der Waals surface area contributed by atoms with Crippen molar-refractivity contribution in [3.05, 3.63) is 70.5 Å². The molecule has 22 heavy (non-hydrogen) atoms. The van der Waals surface area contributed by atoms with Gasteiger partial charge in [0.2, 0.25) is 0 Å². The Bertz CT molecular complexity index is 598. The molecule has 0 radical (unpaired) electrons. The van der Waals surface area contributed by atoms with Gasteiger partial charge in [0.25, 0.3) is 0 Å². The van der Waals surface area contributed by atoms with E-state index in [0.29, 0.717) is 24.8 Å². The van der Waals surface area contributed by atoms with Crippen LogP contribution in [0.3, 0.4) is 0 Å². The SMILES string of the molecule is Fc1ccc(C23COC(c4ccc(Cl)cc4)(OC2)OC3)cc1. The highest BCUT2D eigenvalue weighted by Crippen LogP contribution is 2.45. The fourth-order valence-corrected chi connectivity index (χ4v) is 3.03. The van der Waals surface area contributed by atoms with Crippen molar-refractivity contribution in [2.24, 2.45) is 0 Å². The highest BCUT2D eigenvalue weighted by molar-refractivity contribution is 6.30. The second-order valence-electron chi connectivity index (χ2n) is 5.72. The first-order chi connectivity index (χ1) is 10.6. The molecule has 0 saturated carbocycles. The molecule has 3 fully saturated rings. The first-order valence-corrected chi connectivity index (χ1v) is 7.44. The van der Waals surface area contributed by atoms with Gasteiger partial charge in [-0.2, -0.15) is 0 Å². The van der Waals surface area contributed by atoms with E-state index in [1.165, 1.54) is 12.1 Å². The molecule has 114 valence electrons. The Labute approximate surface area is 132 Å². The lowest BCUT2D eigenvalue weighted by atomic mass is 9.81. The summed E-state index contributed by atoms with van der Waals surface area (Å²) in [5, 5.41) is 0.646. The number of halogens is 2. The van der Waals surface area contributed by atoms with E-state index in [0.717, 1.165) is 11.1 Å². The number of hydrogen-bond donors (Lipinski definition) is 0. The zero-order valence-electron chi connectivity index (χ0n) is 11.7. The van der Waals surface area contributed by atoms with Gasteiger partial charge < -0.3 is 14.2 Å². The van der Waals surface area contributed by atoms with Crippen LogP contribution in [0.1, 0.15) is 11.1 Å². The normalized spacial score (nSPS) is 30.5. The van der Waals surface area contributed by atoms with Crippen LogP contribution in [0.5, 0.6) is 0 Å². The molecule has 3 aliphatic rings. The standard InChI is InChI=1S/C17H14ClFO3/c18-14-5-1-13(2-6-14)17-20-9-16(10-21-17,11-22-17)12-3-7-15(19)8-4-12/h1-8H,9-11H2. The third kappa shape index (κ3) is 2.15. The predicted molar refractivity (Wildman–Crippen MR) is 79.1 cm³/mol. The summed E-state index contributed by atoms with van der Waals surface area (Å²) >= 11 is 5.91. The van der Waals surface area contributed by atoms with E-state index < -0.39 is 5.97 Å². The van der Waals surface area contributed by atoms with Crippen LogP contribution in [0.25, 0.3) is 0 Å². The van der Waals surface area contributed by atoms with Crippen LogP contribution in [-0.4, -0.2) is 19.8 Å². The van der Waals surface area contributed by atoms with Gasteiger partial charge >= 0.3 is 5.97 Å². The molecular formula is C17H14ClFO3. The lowest BCUT2D eigenvalue weighted by Crippen LogP contribution is -2.60. The summed E-state index contributed by atoms with van der Waals surface area (Å²) in [4.78, 5) is 0. The van der Waals surface area contributed by atoms with E-state index in [9.17, 15) is 4.39 Å². The Kier molecular flexibility index (Phi) is 3.24. The molecule has 5 heteroatoms. The molecule has 2 aromatic carbocycles. The van der Waals surface area contributed by atoms with E-state index in [-0.39, 0.29) is 11.2 Å². The Balaban J connectivity index is 1.61. The molecule has 0 unspecified atom stereocenters. The van der Waals surface area contributed by atoms with Crippen molar-refractivity contribution in [3.63, 3.8) is 0 Å². The van der Waals surface area contributed by atoms with E-state index in [1.54, 1.807) is 24.3 Å². The molecule has 0 atom stereocenters. The summed E-state index contributed by atoms with van der Waals surface area (Å²) in [6, 6.07) is 13.6. The second kappa shape index (κ2) is 5.03. The van der Waals surface area contributed by atoms with Gasteiger partial charge in [0.1, 0.15) is 5.82 Å². The molecule has 0 amide bonds. The maximum absolute atomic E-state index is 13.1. The lowest BCUT2D eigenvalue weighted by molar-refractivity contribution is -0.466. The van der Waals surface area contributed by atoms with Crippen LogP contribution in [0, 0.1) is 5.82 Å². The van der Waals surface area contributed by atoms with Gasteiger partial charge in [-0.25, -0.2) is 4.39 Å². The van der Waals surface area contributed by atoms with Crippen LogP contribution in [0.4, 0.5) is 4.39 Å². The summed E-state index contributed by atoms with van der Waals surface area (Å²) in [7, 11) is 0.